The molecule has 1 saturated carbocycles. The van der Waals surface area contributed by atoms with Crippen LogP contribution in [0.15, 0.2) is 66.5 Å². The third-order valence-electron chi connectivity index (χ3n) is 6.97. The molecule has 4 rings (SSSR count). The van der Waals surface area contributed by atoms with Crippen molar-refractivity contribution in [1.82, 2.24) is 10.2 Å². The second-order valence-corrected chi connectivity index (χ2v) is 8.96. The molecule has 3 aliphatic rings. The summed E-state index contributed by atoms with van der Waals surface area (Å²) in [4.78, 5) is 15.7. The Hall–Kier alpha value is -2.49. The standard InChI is InChI=1S/C25H33N3O/c1-18(2)23-27-15-16-28(23)22-14-13-21(17-22)25(24(26)29,19-9-5-3-6-10-19)20-11-7-4-8-12-20/h3,5-7,9-12,15-16,18,21-23,27H,4,8,13-14,17H2,1-2H3,(H2,26,29)/t21?,22-,23-,25+/m0/s1. The van der Waals surface area contributed by atoms with Gasteiger partial charge in [-0.05, 0) is 55.1 Å². The number of nitrogens with two attached hydrogens (primary N) is 1. The van der Waals surface area contributed by atoms with Crippen molar-refractivity contribution in [3.63, 3.8) is 0 Å². The quantitative estimate of drug-likeness (QED) is 0.764. The molecule has 1 aromatic carbocycles. The fourth-order valence-electron chi connectivity index (χ4n) is 5.64. The highest BCUT2D eigenvalue weighted by Gasteiger charge is 2.51. The maximum absolute atomic E-state index is 13.2. The van der Waals surface area contributed by atoms with E-state index in [1.165, 1.54) is 0 Å². The molecule has 0 aromatic heterocycles. The zero-order valence-electron chi connectivity index (χ0n) is 17.6. The third kappa shape index (κ3) is 3.39. The predicted molar refractivity (Wildman–Crippen MR) is 118 cm³/mol. The van der Waals surface area contributed by atoms with E-state index in [2.05, 4.69) is 66.8 Å². The lowest BCUT2D eigenvalue weighted by atomic mass is 9.63. The van der Waals surface area contributed by atoms with Gasteiger partial charge in [0.25, 0.3) is 0 Å². The highest BCUT2D eigenvalue weighted by atomic mass is 16.1. The highest BCUT2D eigenvalue weighted by molar-refractivity contribution is 5.92. The van der Waals surface area contributed by atoms with Crippen LogP contribution in [0.25, 0.3) is 0 Å². The van der Waals surface area contributed by atoms with Crippen LogP contribution in [-0.2, 0) is 10.2 Å². The Labute approximate surface area is 174 Å². The molecule has 4 nitrogen and oxygen atoms in total. The van der Waals surface area contributed by atoms with Crippen LogP contribution in [0.1, 0.15) is 51.5 Å². The van der Waals surface area contributed by atoms with Crippen molar-refractivity contribution in [1.29, 1.82) is 0 Å². The molecule has 0 spiro atoms. The molecule has 1 aliphatic heterocycles. The van der Waals surface area contributed by atoms with Crippen molar-refractivity contribution in [3.8, 4) is 0 Å². The minimum atomic E-state index is -0.753. The van der Waals surface area contributed by atoms with Crippen molar-refractivity contribution < 1.29 is 4.79 Å². The van der Waals surface area contributed by atoms with E-state index < -0.39 is 5.41 Å². The number of benzene rings is 1. The van der Waals surface area contributed by atoms with Gasteiger partial charge in [-0.2, -0.15) is 0 Å². The van der Waals surface area contributed by atoms with Crippen LogP contribution in [0.2, 0.25) is 0 Å². The Morgan fingerprint density at radius 3 is 2.66 bits per heavy atom. The molecule has 0 saturated heterocycles. The van der Waals surface area contributed by atoms with Gasteiger partial charge in [-0.15, -0.1) is 0 Å². The van der Waals surface area contributed by atoms with E-state index >= 15 is 0 Å². The topological polar surface area (TPSA) is 58.4 Å². The Morgan fingerprint density at radius 2 is 2.00 bits per heavy atom. The van der Waals surface area contributed by atoms with Crippen molar-refractivity contribution in [2.45, 2.75) is 63.6 Å². The van der Waals surface area contributed by atoms with Crippen molar-refractivity contribution in [2.75, 3.05) is 0 Å². The first-order valence-corrected chi connectivity index (χ1v) is 11.0. The summed E-state index contributed by atoms with van der Waals surface area (Å²) >= 11 is 0. The molecule has 29 heavy (non-hydrogen) atoms. The molecular weight excluding hydrogens is 358 g/mol. The van der Waals surface area contributed by atoms with Gasteiger partial charge in [0.15, 0.2) is 0 Å². The third-order valence-corrected chi connectivity index (χ3v) is 6.97. The van der Waals surface area contributed by atoms with Crippen LogP contribution in [0.4, 0.5) is 0 Å². The lowest BCUT2D eigenvalue weighted by Crippen LogP contribution is -2.49. The van der Waals surface area contributed by atoms with Crippen molar-refractivity contribution in [2.24, 2.45) is 17.6 Å². The Bertz CT molecular complexity index is 826. The number of amides is 1. The monoisotopic (exact) mass is 391 g/mol. The molecule has 154 valence electrons. The summed E-state index contributed by atoms with van der Waals surface area (Å²) < 4.78 is 0. The van der Waals surface area contributed by atoms with Crippen LogP contribution in [0, 0.1) is 11.8 Å². The molecule has 3 N–H and O–H groups in total. The smallest absolute Gasteiger partial charge is 0.232 e. The number of hydrogen-bond donors (Lipinski definition) is 2. The molecule has 1 heterocycles. The maximum Gasteiger partial charge on any atom is 0.232 e. The number of nitrogens with one attached hydrogen (secondary N) is 1. The Morgan fingerprint density at radius 1 is 1.21 bits per heavy atom. The van der Waals surface area contributed by atoms with Gasteiger partial charge < -0.3 is 16.0 Å². The molecule has 2 aliphatic carbocycles. The molecule has 1 unspecified atom stereocenters. The Balaban J connectivity index is 1.71. The van der Waals surface area contributed by atoms with E-state index in [0.29, 0.717) is 18.1 Å². The van der Waals surface area contributed by atoms with E-state index in [1.54, 1.807) is 0 Å². The summed E-state index contributed by atoms with van der Waals surface area (Å²) in [5, 5.41) is 3.49. The van der Waals surface area contributed by atoms with E-state index in [4.69, 9.17) is 5.73 Å². The van der Waals surface area contributed by atoms with Gasteiger partial charge in [0, 0.05) is 18.4 Å². The first kappa shape index (κ1) is 19.8. The van der Waals surface area contributed by atoms with Crippen LogP contribution >= 0.6 is 0 Å². The average molecular weight is 392 g/mol. The van der Waals surface area contributed by atoms with E-state index in [1.807, 2.05) is 18.2 Å². The molecule has 4 atom stereocenters. The molecule has 1 amide bonds. The number of carbonyl (C=O) groups is 1. The van der Waals surface area contributed by atoms with Gasteiger partial charge in [0.2, 0.25) is 5.91 Å². The maximum atomic E-state index is 13.2. The lowest BCUT2D eigenvalue weighted by Gasteiger charge is -2.40. The second-order valence-electron chi connectivity index (χ2n) is 8.96. The number of nitrogens with zero attached hydrogens (tertiary/aromatic N) is 1. The number of primary amides is 1. The fraction of sp³-hybridized carbons (Fsp3) is 0.480. The summed E-state index contributed by atoms with van der Waals surface area (Å²) in [5.74, 6) is 0.494. The molecule has 1 aromatic rings. The lowest BCUT2D eigenvalue weighted by molar-refractivity contribution is -0.124. The number of hydrogen-bond acceptors (Lipinski definition) is 3. The van der Waals surface area contributed by atoms with E-state index in [-0.39, 0.29) is 11.8 Å². The second kappa shape index (κ2) is 8.10. The molecule has 1 fully saturated rings. The van der Waals surface area contributed by atoms with Crippen LogP contribution in [-0.4, -0.2) is 23.0 Å². The normalized spacial score (nSPS) is 28.3. The predicted octanol–water partition coefficient (Wildman–Crippen LogP) is 4.21. The van der Waals surface area contributed by atoms with Crippen LogP contribution < -0.4 is 11.1 Å². The van der Waals surface area contributed by atoms with Gasteiger partial charge in [0.1, 0.15) is 11.6 Å². The fourth-order valence-corrected chi connectivity index (χ4v) is 5.64. The first-order chi connectivity index (χ1) is 14.0. The van der Waals surface area contributed by atoms with E-state index in [9.17, 15) is 4.79 Å². The summed E-state index contributed by atoms with van der Waals surface area (Å²) in [5.41, 5.74) is 7.60. The van der Waals surface area contributed by atoms with Crippen molar-refractivity contribution >= 4 is 5.91 Å². The van der Waals surface area contributed by atoms with Gasteiger partial charge in [-0.3, -0.25) is 4.79 Å². The largest absolute Gasteiger partial charge is 0.370 e. The van der Waals surface area contributed by atoms with Crippen LogP contribution in [0.5, 0.6) is 0 Å². The highest BCUT2D eigenvalue weighted by Crippen LogP contribution is 2.49. The summed E-state index contributed by atoms with van der Waals surface area (Å²) in [6.07, 6.45) is 16.2. The Kier molecular flexibility index (Phi) is 5.53. The average Bonchev–Trinajstić information content (AvgIpc) is 3.40. The molecule has 0 bridgehead atoms. The summed E-state index contributed by atoms with van der Waals surface area (Å²) in [6, 6.07) is 10.6. The number of allylic oxidation sites excluding steroid dienone is 3. The summed E-state index contributed by atoms with van der Waals surface area (Å²) in [7, 11) is 0. The van der Waals surface area contributed by atoms with Crippen molar-refractivity contribution in [3.05, 3.63) is 72.1 Å². The molecule has 0 radical (unpaired) electrons. The number of carbonyl (C=O) groups excluding carboxylic acids is 1. The SMILES string of the molecule is CC(C)[C@H]1NC=CN1[C@H]1CCC([C@](C(N)=O)(C2=CCCC=C2)c2ccccc2)C1. The molecular formula is C25H33N3O. The first-order valence-electron chi connectivity index (χ1n) is 11.0. The zero-order chi connectivity index (χ0) is 20.4. The van der Waals surface area contributed by atoms with E-state index in [0.717, 1.165) is 43.2 Å². The van der Waals surface area contributed by atoms with Crippen LogP contribution in [0.3, 0.4) is 0 Å². The number of rotatable bonds is 6. The van der Waals surface area contributed by atoms with Gasteiger partial charge in [0.05, 0.1) is 0 Å². The van der Waals surface area contributed by atoms with Gasteiger partial charge in [-0.1, -0.05) is 62.4 Å². The van der Waals surface area contributed by atoms with Gasteiger partial charge >= 0.3 is 0 Å². The zero-order valence-corrected chi connectivity index (χ0v) is 17.6. The minimum absolute atomic E-state index is 0.197. The van der Waals surface area contributed by atoms with Gasteiger partial charge in [-0.25, -0.2) is 0 Å². The minimum Gasteiger partial charge on any atom is -0.370 e. The summed E-state index contributed by atoms with van der Waals surface area (Å²) in [6.45, 7) is 4.50. The molecule has 4 heteroatoms.